The van der Waals surface area contributed by atoms with Gasteiger partial charge in [0, 0.05) is 24.6 Å². The lowest BCUT2D eigenvalue weighted by Gasteiger charge is -2.31. The average Bonchev–Trinajstić information content (AvgIpc) is 3.68. The average molecular weight is 518 g/mol. The first kappa shape index (κ1) is 25.1. The Kier molecular flexibility index (Phi) is 7.91. The molecule has 1 aliphatic rings. The maximum Gasteiger partial charge on any atom is 0.248 e. The van der Waals surface area contributed by atoms with Crippen LogP contribution in [0.4, 0.5) is 0 Å². The molecule has 0 radical (unpaired) electrons. The van der Waals surface area contributed by atoms with Crippen LogP contribution in [-0.4, -0.2) is 57.5 Å². The van der Waals surface area contributed by atoms with Crippen molar-refractivity contribution in [2.75, 3.05) is 19.7 Å². The van der Waals surface area contributed by atoms with E-state index in [2.05, 4.69) is 40.8 Å². The van der Waals surface area contributed by atoms with Gasteiger partial charge in [-0.15, -0.1) is 16.4 Å². The zero-order chi connectivity index (χ0) is 25.6. The smallest absolute Gasteiger partial charge is 0.248 e. The van der Waals surface area contributed by atoms with Crippen LogP contribution in [-0.2, 0) is 27.3 Å². The zero-order valence-corrected chi connectivity index (χ0v) is 21.7. The van der Waals surface area contributed by atoms with E-state index >= 15 is 0 Å². The number of carbonyl (C=O) groups excluding carboxylic acids is 2. The third kappa shape index (κ3) is 6.06. The van der Waals surface area contributed by atoms with Crippen LogP contribution in [0.5, 0.6) is 0 Å². The van der Waals surface area contributed by atoms with Crippen molar-refractivity contribution in [2.24, 2.45) is 0 Å². The molecule has 2 aromatic heterocycles. The normalized spacial score (nSPS) is 16.1. The number of amides is 2. The van der Waals surface area contributed by atoms with Gasteiger partial charge in [0.1, 0.15) is 18.1 Å². The molecule has 0 spiro atoms. The van der Waals surface area contributed by atoms with Crippen LogP contribution in [0.15, 0.2) is 66.0 Å². The molecule has 2 amide bonds. The summed E-state index contributed by atoms with van der Waals surface area (Å²) < 4.78 is 7.30. The Labute approximate surface area is 220 Å². The van der Waals surface area contributed by atoms with Crippen LogP contribution in [0.25, 0.3) is 11.0 Å². The lowest BCUT2D eigenvalue weighted by atomic mass is 10.1. The van der Waals surface area contributed by atoms with E-state index in [1.165, 1.54) is 11.3 Å². The summed E-state index contributed by atoms with van der Waals surface area (Å²) in [6, 6.07) is 18.9. The number of para-hydroxylation sites is 1. The maximum atomic E-state index is 13.9. The van der Waals surface area contributed by atoms with Crippen LogP contribution in [0, 0.1) is 6.92 Å². The molecule has 1 N–H and O–H groups in total. The standard InChI is InChI=1S/C28H31N5O3S/c1-20-7-4-8-21(17-20)13-14-32(26(34)19-33-24-11-3-2-10-23(24)30-31-33)27(25-12-6-16-37-25)28(35)29-18-22-9-5-15-36-22/h2-4,6-8,10-12,16-17,22,27H,5,9,13-15,18-19H2,1H3,(H,29,35)/t22-,27+/m0/s1. The highest BCUT2D eigenvalue weighted by atomic mass is 32.1. The van der Waals surface area contributed by atoms with Crippen molar-refractivity contribution in [3.05, 3.63) is 82.0 Å². The number of fused-ring (bicyclic) bond motifs is 1. The number of carbonyl (C=O) groups is 2. The Morgan fingerprint density at radius 2 is 2.08 bits per heavy atom. The molecule has 0 saturated carbocycles. The number of benzene rings is 2. The van der Waals surface area contributed by atoms with Crippen LogP contribution in [0.3, 0.4) is 0 Å². The highest BCUT2D eigenvalue weighted by Gasteiger charge is 2.33. The van der Waals surface area contributed by atoms with Crippen LogP contribution in [0.1, 0.15) is 34.9 Å². The maximum absolute atomic E-state index is 13.9. The van der Waals surface area contributed by atoms with Crippen LogP contribution in [0.2, 0.25) is 0 Å². The molecule has 0 aliphatic carbocycles. The number of rotatable bonds is 10. The number of ether oxygens (including phenoxy) is 1. The predicted molar refractivity (Wildman–Crippen MR) is 143 cm³/mol. The molecule has 1 saturated heterocycles. The fourth-order valence-electron chi connectivity index (χ4n) is 4.76. The van der Waals surface area contributed by atoms with E-state index < -0.39 is 6.04 Å². The number of thiophene rings is 1. The summed E-state index contributed by atoms with van der Waals surface area (Å²) >= 11 is 1.48. The number of nitrogens with zero attached hydrogens (tertiary/aromatic N) is 4. The second-order valence-electron chi connectivity index (χ2n) is 9.36. The summed E-state index contributed by atoms with van der Waals surface area (Å²) in [4.78, 5) is 30.0. The van der Waals surface area contributed by atoms with Crippen molar-refractivity contribution in [1.82, 2.24) is 25.2 Å². The first-order valence-corrected chi connectivity index (χ1v) is 13.5. The molecule has 9 heteroatoms. The fourth-order valence-corrected chi connectivity index (χ4v) is 5.59. The molecule has 2 atom stereocenters. The van der Waals surface area contributed by atoms with Crippen LogP contribution < -0.4 is 5.32 Å². The van der Waals surface area contributed by atoms with Gasteiger partial charge in [-0.2, -0.15) is 0 Å². The van der Waals surface area contributed by atoms with Gasteiger partial charge in [-0.1, -0.05) is 53.2 Å². The lowest BCUT2D eigenvalue weighted by molar-refractivity contribution is -0.141. The van der Waals surface area contributed by atoms with Gasteiger partial charge in [0.25, 0.3) is 0 Å². The summed E-state index contributed by atoms with van der Waals surface area (Å²) in [6.45, 7) is 3.60. The Morgan fingerprint density at radius 3 is 2.86 bits per heavy atom. The van der Waals surface area contributed by atoms with E-state index in [1.807, 2.05) is 47.8 Å². The number of hydrogen-bond acceptors (Lipinski definition) is 6. The molecule has 192 valence electrons. The molecule has 0 bridgehead atoms. The van der Waals surface area contributed by atoms with Crippen LogP contribution >= 0.6 is 11.3 Å². The molecule has 1 fully saturated rings. The van der Waals surface area contributed by atoms with Gasteiger partial charge >= 0.3 is 0 Å². The first-order chi connectivity index (χ1) is 18.1. The lowest BCUT2D eigenvalue weighted by Crippen LogP contribution is -2.46. The zero-order valence-electron chi connectivity index (χ0n) is 20.9. The van der Waals surface area contributed by atoms with Gasteiger partial charge in [0.2, 0.25) is 11.8 Å². The van der Waals surface area contributed by atoms with E-state index in [1.54, 1.807) is 9.58 Å². The summed E-state index contributed by atoms with van der Waals surface area (Å²) in [5.74, 6) is -0.382. The van der Waals surface area contributed by atoms with Gasteiger partial charge in [-0.25, -0.2) is 4.68 Å². The molecule has 3 heterocycles. The number of hydrogen-bond donors (Lipinski definition) is 1. The third-order valence-corrected chi connectivity index (χ3v) is 7.57. The summed E-state index contributed by atoms with van der Waals surface area (Å²) in [5, 5.41) is 13.4. The molecule has 0 unspecified atom stereocenters. The number of nitrogens with one attached hydrogen (secondary N) is 1. The quantitative estimate of drug-likeness (QED) is 0.345. The Balaban J connectivity index is 1.42. The molecular weight excluding hydrogens is 486 g/mol. The topological polar surface area (TPSA) is 89.4 Å². The summed E-state index contributed by atoms with van der Waals surface area (Å²) in [6.07, 6.45) is 2.58. The Bertz CT molecular complexity index is 1350. The Morgan fingerprint density at radius 1 is 1.19 bits per heavy atom. The van der Waals surface area contributed by atoms with Crippen molar-refractivity contribution >= 4 is 34.2 Å². The molecule has 4 aromatic rings. The minimum Gasteiger partial charge on any atom is -0.376 e. The van der Waals surface area contributed by atoms with E-state index in [0.717, 1.165) is 46.5 Å². The molecule has 8 nitrogen and oxygen atoms in total. The first-order valence-electron chi connectivity index (χ1n) is 12.6. The fraction of sp³-hybridized carbons (Fsp3) is 0.357. The number of aromatic nitrogens is 3. The molecule has 37 heavy (non-hydrogen) atoms. The largest absolute Gasteiger partial charge is 0.376 e. The molecule has 1 aliphatic heterocycles. The van der Waals surface area contributed by atoms with Crippen molar-refractivity contribution in [3.63, 3.8) is 0 Å². The van der Waals surface area contributed by atoms with E-state index in [9.17, 15) is 9.59 Å². The molecule has 2 aromatic carbocycles. The Hall–Kier alpha value is -3.56. The summed E-state index contributed by atoms with van der Waals surface area (Å²) in [7, 11) is 0. The van der Waals surface area contributed by atoms with Gasteiger partial charge in [-0.05, 0) is 55.3 Å². The third-order valence-electron chi connectivity index (χ3n) is 6.65. The molecular formula is C28H31N5O3S. The predicted octanol–water partition coefficient (Wildman–Crippen LogP) is 3.91. The minimum absolute atomic E-state index is 0.00474. The van der Waals surface area contributed by atoms with Crippen molar-refractivity contribution in [1.29, 1.82) is 0 Å². The van der Waals surface area contributed by atoms with Gasteiger partial charge in [0.05, 0.1) is 11.6 Å². The van der Waals surface area contributed by atoms with Gasteiger partial charge in [-0.3, -0.25) is 9.59 Å². The minimum atomic E-state index is -0.742. The second kappa shape index (κ2) is 11.7. The van der Waals surface area contributed by atoms with Crippen molar-refractivity contribution in [2.45, 2.75) is 44.9 Å². The van der Waals surface area contributed by atoms with Crippen molar-refractivity contribution in [3.8, 4) is 0 Å². The van der Waals surface area contributed by atoms with Crippen molar-refractivity contribution < 1.29 is 14.3 Å². The highest BCUT2D eigenvalue weighted by molar-refractivity contribution is 7.10. The molecule has 5 rings (SSSR count). The van der Waals surface area contributed by atoms with Gasteiger partial charge in [0.15, 0.2) is 0 Å². The highest BCUT2D eigenvalue weighted by Crippen LogP contribution is 2.27. The number of aryl methyl sites for hydroxylation is 1. The second-order valence-corrected chi connectivity index (χ2v) is 10.3. The van der Waals surface area contributed by atoms with E-state index in [-0.39, 0.29) is 24.5 Å². The van der Waals surface area contributed by atoms with E-state index in [4.69, 9.17) is 4.74 Å². The SMILES string of the molecule is Cc1cccc(CCN(C(=O)Cn2nnc3ccccc32)[C@@H](C(=O)NC[C@@H]2CCCO2)c2cccs2)c1. The van der Waals surface area contributed by atoms with E-state index in [0.29, 0.717) is 19.5 Å². The summed E-state index contributed by atoms with van der Waals surface area (Å²) in [5.41, 5.74) is 3.79. The monoisotopic (exact) mass is 517 g/mol. The van der Waals surface area contributed by atoms with Gasteiger partial charge < -0.3 is 15.0 Å².